The minimum Gasteiger partial charge on any atom is -0.330 e. The third kappa shape index (κ3) is 2.06. The Hall–Kier alpha value is -0.630. The van der Waals surface area contributed by atoms with Gasteiger partial charge in [-0.05, 0) is 46.1 Å². The van der Waals surface area contributed by atoms with Crippen LogP contribution < -0.4 is 5.73 Å². The van der Waals surface area contributed by atoms with Crippen molar-refractivity contribution in [2.75, 3.05) is 13.1 Å². The highest BCUT2D eigenvalue weighted by molar-refractivity contribution is 5.91. The van der Waals surface area contributed by atoms with Gasteiger partial charge in [0.2, 0.25) is 0 Å². The van der Waals surface area contributed by atoms with Crippen LogP contribution in [-0.2, 0) is 0 Å². The molecule has 0 aliphatic carbocycles. The molecule has 1 unspecified atom stereocenters. The maximum Gasteiger partial charge on any atom is 0.0389 e. The summed E-state index contributed by atoms with van der Waals surface area (Å²) in [5.74, 6) is 0. The van der Waals surface area contributed by atoms with E-state index in [2.05, 4.69) is 25.4 Å². The van der Waals surface area contributed by atoms with Crippen molar-refractivity contribution >= 4 is 5.71 Å². The molecule has 1 aliphatic heterocycles. The standard InChI is InChI=1S/C12H22N2/c1-10(2)12(6-4-8-13)7-5-9-14-11(12)3/h1,4-9,13H2,2-3H3. The Bertz CT molecular complexity index is 243. The van der Waals surface area contributed by atoms with Gasteiger partial charge in [0, 0.05) is 17.7 Å². The van der Waals surface area contributed by atoms with Gasteiger partial charge in [0.25, 0.3) is 0 Å². The van der Waals surface area contributed by atoms with Gasteiger partial charge in [0.1, 0.15) is 0 Å². The van der Waals surface area contributed by atoms with E-state index < -0.39 is 0 Å². The Morgan fingerprint density at radius 1 is 1.64 bits per heavy atom. The van der Waals surface area contributed by atoms with Crippen LogP contribution in [0.4, 0.5) is 0 Å². The molecule has 2 nitrogen and oxygen atoms in total. The Morgan fingerprint density at radius 3 is 2.86 bits per heavy atom. The first-order chi connectivity index (χ1) is 6.63. The number of nitrogens with two attached hydrogens (primary N) is 1. The quantitative estimate of drug-likeness (QED) is 0.686. The number of rotatable bonds is 4. The van der Waals surface area contributed by atoms with Gasteiger partial charge in [0.15, 0.2) is 0 Å². The van der Waals surface area contributed by atoms with E-state index in [4.69, 9.17) is 5.73 Å². The lowest BCUT2D eigenvalue weighted by atomic mass is 9.69. The molecule has 0 fully saturated rings. The van der Waals surface area contributed by atoms with Gasteiger partial charge in [-0.2, -0.15) is 0 Å². The number of nitrogens with zero attached hydrogens (tertiary/aromatic N) is 1. The first-order valence-electron chi connectivity index (χ1n) is 5.51. The van der Waals surface area contributed by atoms with Crippen molar-refractivity contribution < 1.29 is 0 Å². The lowest BCUT2D eigenvalue weighted by Gasteiger charge is -2.37. The predicted molar refractivity (Wildman–Crippen MR) is 62.7 cm³/mol. The molecule has 2 heteroatoms. The molecule has 0 bridgehead atoms. The number of aliphatic imine (C=N–C) groups is 1. The van der Waals surface area contributed by atoms with E-state index in [0.29, 0.717) is 0 Å². The minimum absolute atomic E-state index is 0.164. The van der Waals surface area contributed by atoms with Gasteiger partial charge < -0.3 is 5.73 Å². The highest BCUT2D eigenvalue weighted by Gasteiger charge is 2.34. The summed E-state index contributed by atoms with van der Waals surface area (Å²) in [5, 5.41) is 0. The molecule has 0 saturated carbocycles. The molecule has 1 rings (SSSR count). The second-order valence-corrected chi connectivity index (χ2v) is 4.33. The summed E-state index contributed by atoms with van der Waals surface area (Å²) in [6.07, 6.45) is 4.58. The molecule has 0 spiro atoms. The Kier molecular flexibility index (Phi) is 3.87. The predicted octanol–water partition coefficient (Wildman–Crippen LogP) is 2.54. The van der Waals surface area contributed by atoms with Crippen LogP contribution in [0.25, 0.3) is 0 Å². The number of allylic oxidation sites excluding steroid dienone is 1. The average molecular weight is 194 g/mol. The van der Waals surface area contributed by atoms with Crippen molar-refractivity contribution in [3.8, 4) is 0 Å². The zero-order valence-corrected chi connectivity index (χ0v) is 9.47. The lowest BCUT2D eigenvalue weighted by Crippen LogP contribution is -2.34. The third-order valence-electron chi connectivity index (χ3n) is 3.43. The molecule has 0 aromatic heterocycles. The van der Waals surface area contributed by atoms with E-state index in [9.17, 15) is 0 Å². The summed E-state index contributed by atoms with van der Waals surface area (Å²) in [4.78, 5) is 4.57. The van der Waals surface area contributed by atoms with Gasteiger partial charge >= 0.3 is 0 Å². The molecule has 1 atom stereocenters. The zero-order chi connectivity index (χ0) is 10.6. The molecular weight excluding hydrogens is 172 g/mol. The van der Waals surface area contributed by atoms with Crippen LogP contribution >= 0.6 is 0 Å². The second kappa shape index (κ2) is 4.74. The molecule has 14 heavy (non-hydrogen) atoms. The fraction of sp³-hybridized carbons (Fsp3) is 0.750. The zero-order valence-electron chi connectivity index (χ0n) is 9.47. The fourth-order valence-electron chi connectivity index (χ4n) is 2.41. The van der Waals surface area contributed by atoms with Crippen molar-refractivity contribution in [1.29, 1.82) is 0 Å². The molecule has 0 saturated heterocycles. The van der Waals surface area contributed by atoms with E-state index >= 15 is 0 Å². The topological polar surface area (TPSA) is 38.4 Å². The Morgan fingerprint density at radius 2 is 2.36 bits per heavy atom. The van der Waals surface area contributed by atoms with Crippen LogP contribution in [0.5, 0.6) is 0 Å². The Labute approximate surface area is 87.3 Å². The van der Waals surface area contributed by atoms with E-state index in [0.717, 1.165) is 25.9 Å². The smallest absolute Gasteiger partial charge is 0.0389 e. The molecule has 1 aliphatic rings. The van der Waals surface area contributed by atoms with Crippen LogP contribution in [0.1, 0.15) is 39.5 Å². The summed E-state index contributed by atoms with van der Waals surface area (Å²) in [5.41, 5.74) is 8.27. The molecule has 0 aromatic rings. The van der Waals surface area contributed by atoms with E-state index in [-0.39, 0.29) is 5.41 Å². The molecule has 2 N–H and O–H groups in total. The summed E-state index contributed by atoms with van der Waals surface area (Å²) in [6, 6.07) is 0. The summed E-state index contributed by atoms with van der Waals surface area (Å²) in [6.45, 7) is 10.2. The van der Waals surface area contributed by atoms with Gasteiger partial charge in [-0.3, -0.25) is 4.99 Å². The molecule has 1 heterocycles. The van der Waals surface area contributed by atoms with Crippen LogP contribution in [-0.4, -0.2) is 18.8 Å². The first-order valence-corrected chi connectivity index (χ1v) is 5.51. The molecule has 0 amide bonds. The van der Waals surface area contributed by atoms with Crippen LogP contribution in [0.2, 0.25) is 0 Å². The average Bonchev–Trinajstić information content (AvgIpc) is 2.16. The molecule has 0 radical (unpaired) electrons. The van der Waals surface area contributed by atoms with Crippen molar-refractivity contribution in [1.82, 2.24) is 0 Å². The van der Waals surface area contributed by atoms with Crippen molar-refractivity contribution in [2.24, 2.45) is 16.1 Å². The molecular formula is C12H22N2. The largest absolute Gasteiger partial charge is 0.330 e. The van der Waals surface area contributed by atoms with Crippen LogP contribution in [0.15, 0.2) is 17.1 Å². The summed E-state index contributed by atoms with van der Waals surface area (Å²) >= 11 is 0. The maximum absolute atomic E-state index is 5.58. The lowest BCUT2D eigenvalue weighted by molar-refractivity contribution is 0.385. The van der Waals surface area contributed by atoms with Crippen molar-refractivity contribution in [2.45, 2.75) is 39.5 Å². The van der Waals surface area contributed by atoms with E-state index in [1.165, 1.54) is 24.1 Å². The molecule has 0 aromatic carbocycles. The molecule has 80 valence electrons. The minimum atomic E-state index is 0.164. The third-order valence-corrected chi connectivity index (χ3v) is 3.43. The van der Waals surface area contributed by atoms with Gasteiger partial charge in [-0.1, -0.05) is 12.2 Å². The highest BCUT2D eigenvalue weighted by atomic mass is 14.8. The monoisotopic (exact) mass is 194 g/mol. The van der Waals surface area contributed by atoms with E-state index in [1.807, 2.05) is 0 Å². The van der Waals surface area contributed by atoms with Crippen LogP contribution in [0, 0.1) is 5.41 Å². The second-order valence-electron chi connectivity index (χ2n) is 4.33. The summed E-state index contributed by atoms with van der Waals surface area (Å²) in [7, 11) is 0. The van der Waals surface area contributed by atoms with Crippen molar-refractivity contribution in [3.05, 3.63) is 12.2 Å². The fourth-order valence-corrected chi connectivity index (χ4v) is 2.41. The number of hydrogen-bond acceptors (Lipinski definition) is 2. The van der Waals surface area contributed by atoms with Gasteiger partial charge in [-0.25, -0.2) is 0 Å². The summed E-state index contributed by atoms with van der Waals surface area (Å²) < 4.78 is 0. The Balaban J connectivity index is 2.85. The SMILES string of the molecule is C=C(C)C1(CCCN)CCCN=C1C. The van der Waals surface area contributed by atoms with Crippen LogP contribution in [0.3, 0.4) is 0 Å². The first kappa shape index (κ1) is 11.4. The normalized spacial score (nSPS) is 27.2. The van der Waals surface area contributed by atoms with E-state index in [1.54, 1.807) is 0 Å². The maximum atomic E-state index is 5.58. The van der Waals surface area contributed by atoms with Gasteiger partial charge in [-0.15, -0.1) is 0 Å². The van der Waals surface area contributed by atoms with Gasteiger partial charge in [0.05, 0.1) is 0 Å². The number of hydrogen-bond donors (Lipinski definition) is 1. The highest BCUT2D eigenvalue weighted by Crippen LogP contribution is 2.40. The van der Waals surface area contributed by atoms with Crippen molar-refractivity contribution in [3.63, 3.8) is 0 Å².